The molecule has 112 valence electrons. The van der Waals surface area contributed by atoms with Crippen molar-refractivity contribution in [1.82, 2.24) is 4.90 Å². The molecular weight excluding hydrogens is 274 g/mol. The number of aliphatic hydroxyl groups excluding tert-OH is 1. The maximum absolute atomic E-state index is 12.9. The monoisotopic (exact) mass is 293 g/mol. The van der Waals surface area contributed by atoms with Gasteiger partial charge in [-0.15, -0.1) is 0 Å². The number of hydrogen-bond donors (Lipinski definition) is 1. The van der Waals surface area contributed by atoms with Gasteiger partial charge in [-0.1, -0.05) is 60.7 Å². The first-order valence-corrected chi connectivity index (χ1v) is 7.79. The van der Waals surface area contributed by atoms with E-state index in [4.69, 9.17) is 0 Å². The number of rotatable bonds is 3. The maximum atomic E-state index is 12.9. The van der Waals surface area contributed by atoms with Crippen LogP contribution in [0.1, 0.15) is 29.9 Å². The van der Waals surface area contributed by atoms with E-state index in [9.17, 15) is 9.90 Å². The summed E-state index contributed by atoms with van der Waals surface area (Å²) in [6.07, 6.45) is 0.748. The SMILES string of the molecule is O=C1N(Cc2ccccc2)C(O)CC12C[C@H]2c1ccccc1. The third kappa shape index (κ3) is 2.04. The highest BCUT2D eigenvalue weighted by Gasteiger charge is 2.66. The number of carbonyl (C=O) groups is 1. The number of nitrogens with zero attached hydrogens (tertiary/aromatic N) is 1. The zero-order valence-corrected chi connectivity index (χ0v) is 12.4. The van der Waals surface area contributed by atoms with Crippen LogP contribution in [-0.4, -0.2) is 22.1 Å². The lowest BCUT2D eigenvalue weighted by Gasteiger charge is -2.20. The smallest absolute Gasteiger partial charge is 0.231 e. The molecule has 3 heteroatoms. The van der Waals surface area contributed by atoms with E-state index >= 15 is 0 Å². The van der Waals surface area contributed by atoms with E-state index in [1.54, 1.807) is 4.90 Å². The molecule has 3 nitrogen and oxygen atoms in total. The summed E-state index contributed by atoms with van der Waals surface area (Å²) in [4.78, 5) is 14.5. The summed E-state index contributed by atoms with van der Waals surface area (Å²) in [5.74, 6) is 0.370. The molecule has 2 aromatic rings. The summed E-state index contributed by atoms with van der Waals surface area (Å²) in [5, 5.41) is 10.4. The van der Waals surface area contributed by atoms with Gasteiger partial charge in [-0.3, -0.25) is 4.79 Å². The molecule has 1 spiro atoms. The lowest BCUT2D eigenvalue weighted by atomic mass is 9.97. The lowest BCUT2D eigenvalue weighted by Crippen LogP contribution is -2.33. The quantitative estimate of drug-likeness (QED) is 0.945. The summed E-state index contributed by atoms with van der Waals surface area (Å²) >= 11 is 0. The van der Waals surface area contributed by atoms with E-state index in [2.05, 4.69) is 12.1 Å². The van der Waals surface area contributed by atoms with Gasteiger partial charge in [0.15, 0.2) is 0 Å². The van der Waals surface area contributed by atoms with E-state index in [-0.39, 0.29) is 17.2 Å². The highest BCUT2D eigenvalue weighted by molar-refractivity contribution is 5.89. The first-order chi connectivity index (χ1) is 10.7. The van der Waals surface area contributed by atoms with E-state index < -0.39 is 6.23 Å². The molecule has 1 N–H and O–H groups in total. The largest absolute Gasteiger partial charge is 0.373 e. The number of amides is 1. The molecule has 3 atom stereocenters. The molecule has 1 aliphatic heterocycles. The van der Waals surface area contributed by atoms with Crippen molar-refractivity contribution in [2.45, 2.75) is 31.5 Å². The zero-order valence-electron chi connectivity index (χ0n) is 12.4. The molecule has 0 aromatic heterocycles. The summed E-state index contributed by atoms with van der Waals surface area (Å²) in [6.45, 7) is 0.490. The highest BCUT2D eigenvalue weighted by Crippen LogP contribution is 2.65. The molecule has 1 amide bonds. The van der Waals surface area contributed by atoms with Crippen LogP contribution in [0.5, 0.6) is 0 Å². The number of benzene rings is 2. The van der Waals surface area contributed by atoms with Crippen molar-refractivity contribution in [3.05, 3.63) is 71.8 Å². The molecule has 0 radical (unpaired) electrons. The lowest BCUT2D eigenvalue weighted by molar-refractivity contribution is -0.137. The first-order valence-electron chi connectivity index (χ1n) is 7.79. The molecule has 2 unspecified atom stereocenters. The van der Waals surface area contributed by atoms with Crippen LogP contribution in [0.3, 0.4) is 0 Å². The van der Waals surface area contributed by atoms with Gasteiger partial charge in [0.25, 0.3) is 0 Å². The molecule has 2 aliphatic rings. The van der Waals surface area contributed by atoms with Crippen LogP contribution >= 0.6 is 0 Å². The Morgan fingerprint density at radius 1 is 1.00 bits per heavy atom. The molecule has 1 aliphatic carbocycles. The van der Waals surface area contributed by atoms with E-state index in [1.807, 2.05) is 48.5 Å². The Bertz CT molecular complexity index is 685. The van der Waals surface area contributed by atoms with E-state index in [1.165, 1.54) is 5.56 Å². The molecule has 1 saturated carbocycles. The van der Waals surface area contributed by atoms with Crippen LogP contribution in [0.15, 0.2) is 60.7 Å². The fourth-order valence-corrected chi connectivity index (χ4v) is 3.79. The van der Waals surface area contributed by atoms with Crippen LogP contribution in [0, 0.1) is 5.41 Å². The van der Waals surface area contributed by atoms with Crippen LogP contribution in [-0.2, 0) is 11.3 Å². The van der Waals surface area contributed by atoms with E-state index in [0.717, 1.165) is 12.0 Å². The number of likely N-dealkylation sites (tertiary alicyclic amines) is 1. The molecule has 2 aromatic carbocycles. The standard InChI is InChI=1S/C19H19NO2/c21-17-12-19(11-16(19)15-9-5-2-6-10-15)18(22)20(17)13-14-7-3-1-4-8-14/h1-10,16-17,21H,11-13H2/t16-,17?,19?/m0/s1. The Labute approximate surface area is 130 Å². The Morgan fingerprint density at radius 3 is 2.32 bits per heavy atom. The zero-order chi connectivity index (χ0) is 15.2. The van der Waals surface area contributed by atoms with Crippen molar-refractivity contribution >= 4 is 5.91 Å². The Morgan fingerprint density at radius 2 is 1.64 bits per heavy atom. The van der Waals surface area contributed by atoms with Crippen LogP contribution in [0.4, 0.5) is 0 Å². The van der Waals surface area contributed by atoms with Crippen LogP contribution < -0.4 is 0 Å². The molecule has 0 bridgehead atoms. The molecule has 22 heavy (non-hydrogen) atoms. The summed E-state index contributed by atoms with van der Waals surface area (Å²) < 4.78 is 0. The van der Waals surface area contributed by atoms with Gasteiger partial charge >= 0.3 is 0 Å². The number of carbonyl (C=O) groups excluding carboxylic acids is 1. The summed E-state index contributed by atoms with van der Waals surface area (Å²) in [5.41, 5.74) is 1.91. The second-order valence-corrected chi connectivity index (χ2v) is 6.43. The van der Waals surface area contributed by atoms with Gasteiger partial charge in [0.05, 0.1) is 5.41 Å². The van der Waals surface area contributed by atoms with Crippen molar-refractivity contribution in [1.29, 1.82) is 0 Å². The van der Waals surface area contributed by atoms with Crippen LogP contribution in [0.25, 0.3) is 0 Å². The highest BCUT2D eigenvalue weighted by atomic mass is 16.3. The van der Waals surface area contributed by atoms with Crippen LogP contribution in [0.2, 0.25) is 0 Å². The molecular formula is C19H19NO2. The average molecular weight is 293 g/mol. The fraction of sp³-hybridized carbons (Fsp3) is 0.316. The minimum Gasteiger partial charge on any atom is -0.373 e. The van der Waals surface area contributed by atoms with Crippen molar-refractivity contribution < 1.29 is 9.90 Å². The Balaban J connectivity index is 1.55. The maximum Gasteiger partial charge on any atom is 0.231 e. The van der Waals surface area contributed by atoms with Gasteiger partial charge in [0.1, 0.15) is 6.23 Å². The third-order valence-electron chi connectivity index (χ3n) is 5.07. The Kier molecular flexibility index (Phi) is 3.05. The van der Waals surface area contributed by atoms with Crippen molar-refractivity contribution in [2.24, 2.45) is 5.41 Å². The third-order valence-corrected chi connectivity index (χ3v) is 5.07. The number of hydrogen-bond acceptors (Lipinski definition) is 2. The summed E-state index contributed by atoms with van der Waals surface area (Å²) in [7, 11) is 0. The summed E-state index contributed by atoms with van der Waals surface area (Å²) in [6, 6.07) is 20.0. The molecule has 2 fully saturated rings. The van der Waals surface area contributed by atoms with Crippen molar-refractivity contribution in [3.8, 4) is 0 Å². The molecule has 4 rings (SSSR count). The van der Waals surface area contributed by atoms with Gasteiger partial charge in [-0.25, -0.2) is 0 Å². The van der Waals surface area contributed by atoms with E-state index in [0.29, 0.717) is 13.0 Å². The second-order valence-electron chi connectivity index (χ2n) is 6.43. The molecule has 1 heterocycles. The van der Waals surface area contributed by atoms with Gasteiger partial charge < -0.3 is 10.0 Å². The topological polar surface area (TPSA) is 40.5 Å². The van der Waals surface area contributed by atoms with Crippen molar-refractivity contribution in [3.63, 3.8) is 0 Å². The first kappa shape index (κ1) is 13.5. The Hall–Kier alpha value is -2.13. The van der Waals surface area contributed by atoms with Gasteiger partial charge in [-0.2, -0.15) is 0 Å². The van der Waals surface area contributed by atoms with Gasteiger partial charge in [-0.05, 0) is 23.5 Å². The minimum absolute atomic E-state index is 0.109. The number of aliphatic hydroxyl groups is 1. The second kappa shape index (κ2) is 4.96. The minimum atomic E-state index is -0.665. The van der Waals surface area contributed by atoms with Gasteiger partial charge in [0, 0.05) is 13.0 Å². The van der Waals surface area contributed by atoms with Crippen molar-refractivity contribution in [2.75, 3.05) is 0 Å². The predicted octanol–water partition coefficient (Wildman–Crippen LogP) is 2.91. The predicted molar refractivity (Wildman–Crippen MR) is 83.8 cm³/mol. The normalized spacial score (nSPS) is 30.0. The molecule has 1 saturated heterocycles. The average Bonchev–Trinajstić information content (AvgIpc) is 3.23. The fourth-order valence-electron chi connectivity index (χ4n) is 3.79. The van der Waals surface area contributed by atoms with Gasteiger partial charge in [0.2, 0.25) is 5.91 Å².